The summed E-state index contributed by atoms with van der Waals surface area (Å²) >= 11 is 0. The molecule has 0 aromatic heterocycles. The number of esters is 3. The minimum atomic E-state index is -0.839. The minimum Gasteiger partial charge on any atom is -0.462 e. The fraction of sp³-hybridized carbons (Fsp3) is 0.716. The lowest BCUT2D eigenvalue weighted by atomic mass is 10.0. The van der Waals surface area contributed by atoms with Crippen LogP contribution in [0.1, 0.15) is 290 Å². The van der Waals surface area contributed by atoms with E-state index >= 15 is 0 Å². The van der Waals surface area contributed by atoms with E-state index in [1.165, 1.54) is 141 Å². The number of hydrogen-bond donors (Lipinski definition) is 0. The van der Waals surface area contributed by atoms with Crippen LogP contribution in [-0.4, -0.2) is 37.2 Å². The quantitative estimate of drug-likeness (QED) is 0.0261. The Morgan fingerprint density at radius 3 is 0.904 bits per heavy atom. The van der Waals surface area contributed by atoms with Gasteiger partial charge in [-0.1, -0.05) is 291 Å². The molecule has 0 saturated carbocycles. The second kappa shape index (κ2) is 60.9. The van der Waals surface area contributed by atoms with Crippen LogP contribution in [0.5, 0.6) is 0 Å². The van der Waals surface area contributed by atoms with E-state index in [4.69, 9.17) is 14.2 Å². The number of allylic oxidation sites excluding steroid dienone is 15. The molecule has 0 aliphatic heterocycles. The molecule has 0 aromatic carbocycles. The van der Waals surface area contributed by atoms with E-state index in [2.05, 4.69) is 106 Å². The molecule has 0 fully saturated rings. The molecule has 0 amide bonds. The summed E-state index contributed by atoms with van der Waals surface area (Å²) in [4.78, 5) is 38.1. The maximum Gasteiger partial charge on any atom is 0.310 e. The zero-order valence-electron chi connectivity index (χ0n) is 47.9. The molecular formula is C67H114O6. The van der Waals surface area contributed by atoms with Gasteiger partial charge in [-0.3, -0.25) is 14.4 Å². The van der Waals surface area contributed by atoms with E-state index < -0.39 is 12.1 Å². The van der Waals surface area contributed by atoms with Gasteiger partial charge in [0, 0.05) is 12.8 Å². The smallest absolute Gasteiger partial charge is 0.310 e. The molecule has 0 saturated heterocycles. The normalized spacial score (nSPS) is 12.8. The van der Waals surface area contributed by atoms with Gasteiger partial charge in [-0.15, -0.1) is 0 Å². The van der Waals surface area contributed by atoms with Crippen LogP contribution < -0.4 is 0 Å². The second-order valence-electron chi connectivity index (χ2n) is 20.2. The molecule has 0 aliphatic carbocycles. The van der Waals surface area contributed by atoms with E-state index in [1.807, 2.05) is 6.08 Å². The molecule has 0 radical (unpaired) electrons. The molecule has 0 rings (SSSR count). The lowest BCUT2D eigenvalue weighted by Crippen LogP contribution is -2.30. The van der Waals surface area contributed by atoms with E-state index in [-0.39, 0.29) is 31.6 Å². The van der Waals surface area contributed by atoms with Crippen molar-refractivity contribution in [1.29, 1.82) is 0 Å². The highest BCUT2D eigenvalue weighted by atomic mass is 16.6. The molecule has 6 heteroatoms. The first-order chi connectivity index (χ1) is 36.0. The lowest BCUT2D eigenvalue weighted by Gasteiger charge is -2.18. The topological polar surface area (TPSA) is 78.9 Å². The average molecular weight is 1020 g/mol. The number of ether oxygens (including phenoxy) is 3. The predicted octanol–water partition coefficient (Wildman–Crippen LogP) is 20.9. The van der Waals surface area contributed by atoms with Crippen molar-refractivity contribution in [2.75, 3.05) is 13.2 Å². The molecule has 1 atom stereocenters. The van der Waals surface area contributed by atoms with Gasteiger partial charge in [-0.2, -0.15) is 0 Å². The summed E-state index contributed by atoms with van der Waals surface area (Å²) in [5.41, 5.74) is 0. The van der Waals surface area contributed by atoms with Crippen molar-refractivity contribution in [3.8, 4) is 0 Å². The Morgan fingerprint density at radius 1 is 0.301 bits per heavy atom. The first kappa shape index (κ1) is 69.3. The van der Waals surface area contributed by atoms with Crippen LogP contribution in [0.4, 0.5) is 0 Å². The zero-order chi connectivity index (χ0) is 52.9. The number of rotatable bonds is 55. The van der Waals surface area contributed by atoms with E-state index in [0.717, 1.165) is 109 Å². The third kappa shape index (κ3) is 59.1. The fourth-order valence-corrected chi connectivity index (χ4v) is 8.59. The number of carbonyl (C=O) groups excluding carboxylic acids is 3. The predicted molar refractivity (Wildman–Crippen MR) is 316 cm³/mol. The van der Waals surface area contributed by atoms with Crippen molar-refractivity contribution in [3.05, 3.63) is 97.2 Å². The largest absolute Gasteiger partial charge is 0.462 e. The molecule has 0 spiro atoms. The standard InChI is InChI=1S/C67H114O6/c1-4-7-10-13-16-19-22-25-28-29-30-31-32-33-34-35-36-37-40-42-45-48-51-54-57-60-66(69)72-63-64(73-67(70)61-58-55-52-49-46-43-39-27-24-21-18-15-12-9-6-3)62-71-65(68)59-56-53-50-47-44-41-38-26-23-20-17-14-11-8-5-2/h8-9,11-12,17-18,20-21,26-27,38-39,46,49,55,58,64H,4-7,10,13-16,19,22-25,28-37,40-45,47-48,50-54,56-57,59-63H2,1-3H3/b11-8-,12-9-,20-17-,21-18-,38-26-,39-27-,49-46-,58-55-. The van der Waals surface area contributed by atoms with Crippen molar-refractivity contribution in [2.45, 2.75) is 297 Å². The van der Waals surface area contributed by atoms with E-state index in [0.29, 0.717) is 12.8 Å². The van der Waals surface area contributed by atoms with Crippen LogP contribution in [0.3, 0.4) is 0 Å². The van der Waals surface area contributed by atoms with Crippen LogP contribution in [0.25, 0.3) is 0 Å². The zero-order valence-corrected chi connectivity index (χ0v) is 47.9. The third-order valence-corrected chi connectivity index (χ3v) is 13.1. The maximum absolute atomic E-state index is 12.8. The molecule has 6 nitrogen and oxygen atoms in total. The van der Waals surface area contributed by atoms with Crippen LogP contribution in [0.15, 0.2) is 97.2 Å². The average Bonchev–Trinajstić information content (AvgIpc) is 3.39. The summed E-state index contributed by atoms with van der Waals surface area (Å²) in [5.74, 6) is -1.06. The number of unbranched alkanes of at least 4 members (excludes halogenated alkanes) is 29. The van der Waals surface area contributed by atoms with Crippen LogP contribution in [-0.2, 0) is 28.6 Å². The van der Waals surface area contributed by atoms with Gasteiger partial charge in [0.15, 0.2) is 6.10 Å². The van der Waals surface area contributed by atoms with Crippen LogP contribution >= 0.6 is 0 Å². The first-order valence-electron chi connectivity index (χ1n) is 30.7. The van der Waals surface area contributed by atoms with E-state index in [9.17, 15) is 14.4 Å². The minimum absolute atomic E-state index is 0.0925. The Kier molecular flexibility index (Phi) is 57.8. The summed E-state index contributed by atoms with van der Waals surface area (Å²) in [5, 5.41) is 0. The van der Waals surface area contributed by atoms with Crippen LogP contribution in [0, 0.1) is 0 Å². The monoisotopic (exact) mass is 1010 g/mol. The highest BCUT2D eigenvalue weighted by Gasteiger charge is 2.19. The summed E-state index contributed by atoms with van der Waals surface area (Å²) in [6.45, 7) is 6.34. The Labute approximate surface area is 451 Å². The van der Waals surface area contributed by atoms with Crippen molar-refractivity contribution < 1.29 is 28.6 Å². The van der Waals surface area contributed by atoms with Crippen molar-refractivity contribution in [2.24, 2.45) is 0 Å². The summed E-state index contributed by atoms with van der Waals surface area (Å²) in [6, 6.07) is 0. The maximum atomic E-state index is 12.8. The Morgan fingerprint density at radius 2 is 0.575 bits per heavy atom. The SMILES string of the molecule is CC/C=C\C/C=C\C/C=C\C/C=C\C/C=C\CC(=O)OC(COC(=O)CCCCCCC/C=C\C/C=C\C/C=C\CC)COC(=O)CCCCCCCCCCCCCCCCCCCCCCCCCCC. The van der Waals surface area contributed by atoms with Crippen molar-refractivity contribution in [3.63, 3.8) is 0 Å². The Hall–Kier alpha value is -3.67. The summed E-state index contributed by atoms with van der Waals surface area (Å²) in [7, 11) is 0. The Balaban J connectivity index is 4.35. The summed E-state index contributed by atoms with van der Waals surface area (Å²) in [6.07, 6.45) is 81.6. The van der Waals surface area contributed by atoms with E-state index in [1.54, 1.807) is 6.08 Å². The Bertz CT molecular complexity index is 1440. The van der Waals surface area contributed by atoms with Gasteiger partial charge >= 0.3 is 17.9 Å². The molecule has 0 aliphatic rings. The molecular weight excluding hydrogens is 901 g/mol. The van der Waals surface area contributed by atoms with Gasteiger partial charge in [0.25, 0.3) is 0 Å². The lowest BCUT2D eigenvalue weighted by molar-refractivity contribution is -0.166. The third-order valence-electron chi connectivity index (χ3n) is 13.1. The molecule has 0 bridgehead atoms. The number of hydrogen-bond acceptors (Lipinski definition) is 6. The number of carbonyl (C=O) groups is 3. The van der Waals surface area contributed by atoms with Gasteiger partial charge in [0.2, 0.25) is 0 Å². The van der Waals surface area contributed by atoms with Crippen LogP contribution in [0.2, 0.25) is 0 Å². The second-order valence-corrected chi connectivity index (χ2v) is 20.2. The van der Waals surface area contributed by atoms with Gasteiger partial charge in [0.1, 0.15) is 13.2 Å². The van der Waals surface area contributed by atoms with Crippen molar-refractivity contribution >= 4 is 17.9 Å². The summed E-state index contributed by atoms with van der Waals surface area (Å²) < 4.78 is 16.8. The van der Waals surface area contributed by atoms with Gasteiger partial charge < -0.3 is 14.2 Å². The van der Waals surface area contributed by atoms with Gasteiger partial charge in [-0.25, -0.2) is 0 Å². The van der Waals surface area contributed by atoms with Gasteiger partial charge in [0.05, 0.1) is 6.42 Å². The highest BCUT2D eigenvalue weighted by Crippen LogP contribution is 2.17. The molecule has 0 heterocycles. The van der Waals surface area contributed by atoms with Gasteiger partial charge in [-0.05, 0) is 77.0 Å². The molecule has 418 valence electrons. The molecule has 1 unspecified atom stereocenters. The van der Waals surface area contributed by atoms with Crippen molar-refractivity contribution in [1.82, 2.24) is 0 Å². The highest BCUT2D eigenvalue weighted by molar-refractivity contribution is 5.72. The fourth-order valence-electron chi connectivity index (χ4n) is 8.59. The first-order valence-corrected chi connectivity index (χ1v) is 30.7. The molecule has 0 N–H and O–H groups in total. The molecule has 0 aromatic rings. The molecule has 73 heavy (non-hydrogen) atoms.